The highest BCUT2D eigenvalue weighted by Gasteiger charge is 2.26. The number of benzene rings is 1. The van der Waals surface area contributed by atoms with Gasteiger partial charge in [-0.2, -0.15) is 0 Å². The van der Waals surface area contributed by atoms with Crippen molar-refractivity contribution in [3.05, 3.63) is 29.3 Å². The summed E-state index contributed by atoms with van der Waals surface area (Å²) in [5, 5.41) is 3.58. The predicted molar refractivity (Wildman–Crippen MR) is 82.1 cm³/mol. The molecule has 20 heavy (non-hydrogen) atoms. The van der Waals surface area contributed by atoms with Crippen molar-refractivity contribution in [3.63, 3.8) is 0 Å². The van der Waals surface area contributed by atoms with Crippen LogP contribution in [0.3, 0.4) is 0 Å². The molecule has 0 aliphatic carbocycles. The minimum Gasteiger partial charge on any atom is -0.494 e. The normalized spacial score (nSPS) is 23.9. The molecule has 3 heteroatoms. The van der Waals surface area contributed by atoms with E-state index in [1.165, 1.54) is 49.9 Å². The lowest BCUT2D eigenvalue weighted by molar-refractivity contribution is 0.191. The standard InChI is InChI=1S/C17H26N2O/c1-2-20-15-8-7-14-12-18-13-17(16(14)11-15)19-9-5-3-4-6-10-19/h7-8,11,17-18H,2-6,9-10,12-13H2,1H3/t17-/m1/s1. The summed E-state index contributed by atoms with van der Waals surface area (Å²) in [6.07, 6.45) is 5.47. The quantitative estimate of drug-likeness (QED) is 0.916. The maximum atomic E-state index is 5.69. The zero-order valence-electron chi connectivity index (χ0n) is 12.5. The van der Waals surface area contributed by atoms with Gasteiger partial charge in [0.1, 0.15) is 5.75 Å². The molecule has 0 radical (unpaired) electrons. The minimum absolute atomic E-state index is 0.525. The van der Waals surface area contributed by atoms with Crippen molar-refractivity contribution >= 4 is 0 Å². The van der Waals surface area contributed by atoms with Gasteiger partial charge in [0.2, 0.25) is 0 Å². The van der Waals surface area contributed by atoms with Crippen LogP contribution in [-0.4, -0.2) is 31.1 Å². The molecule has 1 aromatic rings. The summed E-state index contributed by atoms with van der Waals surface area (Å²) in [5.74, 6) is 1.02. The average molecular weight is 274 g/mol. The van der Waals surface area contributed by atoms with Crippen molar-refractivity contribution in [1.82, 2.24) is 10.2 Å². The minimum atomic E-state index is 0.525. The van der Waals surface area contributed by atoms with E-state index >= 15 is 0 Å². The molecular formula is C17H26N2O. The molecule has 3 nitrogen and oxygen atoms in total. The zero-order valence-corrected chi connectivity index (χ0v) is 12.5. The first-order chi connectivity index (χ1) is 9.88. The van der Waals surface area contributed by atoms with Crippen molar-refractivity contribution in [1.29, 1.82) is 0 Å². The molecule has 2 aliphatic rings. The number of nitrogens with one attached hydrogen (secondary N) is 1. The SMILES string of the molecule is CCOc1ccc2c(c1)[C@H](N1CCCCCC1)CNC2. The van der Waals surface area contributed by atoms with Crippen LogP contribution in [0.1, 0.15) is 49.8 Å². The van der Waals surface area contributed by atoms with E-state index in [1.54, 1.807) is 0 Å². The molecule has 0 amide bonds. The molecule has 1 fully saturated rings. The van der Waals surface area contributed by atoms with Crippen LogP contribution in [0.4, 0.5) is 0 Å². The Morgan fingerprint density at radius 1 is 1.20 bits per heavy atom. The van der Waals surface area contributed by atoms with Gasteiger partial charge >= 0.3 is 0 Å². The number of ether oxygens (including phenoxy) is 1. The molecule has 3 rings (SSSR count). The Morgan fingerprint density at radius 3 is 2.75 bits per heavy atom. The lowest BCUT2D eigenvalue weighted by atomic mass is 9.95. The smallest absolute Gasteiger partial charge is 0.119 e. The Morgan fingerprint density at radius 2 is 2.00 bits per heavy atom. The average Bonchev–Trinajstić information content (AvgIpc) is 2.76. The van der Waals surface area contributed by atoms with E-state index in [1.807, 2.05) is 6.92 Å². The Labute approximate surface area is 122 Å². The Bertz CT molecular complexity index is 439. The van der Waals surface area contributed by atoms with Crippen LogP contribution in [0.15, 0.2) is 18.2 Å². The van der Waals surface area contributed by atoms with Gasteiger partial charge in [-0.1, -0.05) is 18.9 Å². The van der Waals surface area contributed by atoms with Gasteiger partial charge in [0.05, 0.1) is 6.61 Å². The highest BCUT2D eigenvalue weighted by molar-refractivity contribution is 5.39. The largest absolute Gasteiger partial charge is 0.494 e. The maximum Gasteiger partial charge on any atom is 0.119 e. The van der Waals surface area contributed by atoms with Crippen molar-refractivity contribution < 1.29 is 4.74 Å². The van der Waals surface area contributed by atoms with Crippen molar-refractivity contribution in [2.45, 2.75) is 45.2 Å². The van der Waals surface area contributed by atoms with Crippen LogP contribution in [0.2, 0.25) is 0 Å². The van der Waals surface area contributed by atoms with Crippen LogP contribution < -0.4 is 10.1 Å². The number of fused-ring (bicyclic) bond motifs is 1. The molecular weight excluding hydrogens is 248 g/mol. The van der Waals surface area contributed by atoms with Gasteiger partial charge in [0.15, 0.2) is 0 Å². The summed E-state index contributed by atoms with van der Waals surface area (Å²) in [7, 11) is 0. The van der Waals surface area contributed by atoms with E-state index in [0.29, 0.717) is 6.04 Å². The first-order valence-corrected chi connectivity index (χ1v) is 8.09. The van der Waals surface area contributed by atoms with Crippen LogP contribution in [0.5, 0.6) is 5.75 Å². The molecule has 2 heterocycles. The lowest BCUT2D eigenvalue weighted by Gasteiger charge is -2.35. The molecule has 0 bridgehead atoms. The fourth-order valence-corrected chi connectivity index (χ4v) is 3.49. The first-order valence-electron chi connectivity index (χ1n) is 8.09. The molecule has 1 N–H and O–H groups in total. The Balaban J connectivity index is 1.85. The van der Waals surface area contributed by atoms with E-state index < -0.39 is 0 Å². The van der Waals surface area contributed by atoms with Gasteiger partial charge in [-0.05, 0) is 56.1 Å². The molecule has 0 saturated carbocycles. The summed E-state index contributed by atoms with van der Waals surface area (Å²) < 4.78 is 5.69. The lowest BCUT2D eigenvalue weighted by Crippen LogP contribution is -2.40. The third-order valence-corrected chi connectivity index (χ3v) is 4.52. The highest BCUT2D eigenvalue weighted by atomic mass is 16.5. The Kier molecular flexibility index (Phi) is 4.58. The monoisotopic (exact) mass is 274 g/mol. The van der Waals surface area contributed by atoms with Crippen molar-refractivity contribution in [2.75, 3.05) is 26.2 Å². The second-order valence-corrected chi connectivity index (χ2v) is 5.89. The summed E-state index contributed by atoms with van der Waals surface area (Å²) in [6, 6.07) is 7.14. The zero-order chi connectivity index (χ0) is 13.8. The van der Waals surface area contributed by atoms with Crippen LogP contribution in [0.25, 0.3) is 0 Å². The predicted octanol–water partition coefficient (Wildman–Crippen LogP) is 3.11. The summed E-state index contributed by atoms with van der Waals surface area (Å²) in [5.41, 5.74) is 2.92. The first kappa shape index (κ1) is 13.9. The summed E-state index contributed by atoms with van der Waals surface area (Å²) in [4.78, 5) is 2.67. The number of rotatable bonds is 3. The van der Waals surface area contributed by atoms with Crippen LogP contribution in [-0.2, 0) is 6.54 Å². The molecule has 1 atom stereocenters. The second-order valence-electron chi connectivity index (χ2n) is 5.89. The molecule has 1 saturated heterocycles. The molecule has 110 valence electrons. The third-order valence-electron chi connectivity index (χ3n) is 4.52. The van der Waals surface area contributed by atoms with Gasteiger partial charge in [0.25, 0.3) is 0 Å². The summed E-state index contributed by atoms with van der Waals surface area (Å²) >= 11 is 0. The molecule has 0 aromatic heterocycles. The van der Waals surface area contributed by atoms with Gasteiger partial charge in [-0.3, -0.25) is 4.90 Å². The van der Waals surface area contributed by atoms with Crippen molar-refractivity contribution in [2.24, 2.45) is 0 Å². The number of likely N-dealkylation sites (tertiary alicyclic amines) is 1. The molecule has 2 aliphatic heterocycles. The number of nitrogens with zero attached hydrogens (tertiary/aromatic N) is 1. The van der Waals surface area contributed by atoms with E-state index in [4.69, 9.17) is 4.74 Å². The van der Waals surface area contributed by atoms with E-state index in [0.717, 1.165) is 25.4 Å². The van der Waals surface area contributed by atoms with Crippen LogP contribution >= 0.6 is 0 Å². The fourth-order valence-electron chi connectivity index (χ4n) is 3.49. The second kappa shape index (κ2) is 6.59. The van der Waals surface area contributed by atoms with E-state index in [9.17, 15) is 0 Å². The van der Waals surface area contributed by atoms with Gasteiger partial charge in [-0.15, -0.1) is 0 Å². The number of hydrogen-bond acceptors (Lipinski definition) is 3. The molecule has 0 spiro atoms. The summed E-state index contributed by atoms with van der Waals surface area (Å²) in [6.45, 7) is 7.34. The van der Waals surface area contributed by atoms with Crippen molar-refractivity contribution in [3.8, 4) is 5.75 Å². The van der Waals surface area contributed by atoms with E-state index in [-0.39, 0.29) is 0 Å². The number of hydrogen-bond donors (Lipinski definition) is 1. The Hall–Kier alpha value is -1.06. The third kappa shape index (κ3) is 2.99. The molecule has 1 aromatic carbocycles. The van der Waals surface area contributed by atoms with Gasteiger partial charge in [-0.25, -0.2) is 0 Å². The van der Waals surface area contributed by atoms with Gasteiger partial charge in [0, 0.05) is 19.1 Å². The topological polar surface area (TPSA) is 24.5 Å². The fraction of sp³-hybridized carbons (Fsp3) is 0.647. The van der Waals surface area contributed by atoms with Gasteiger partial charge < -0.3 is 10.1 Å². The maximum absolute atomic E-state index is 5.69. The van der Waals surface area contributed by atoms with E-state index in [2.05, 4.69) is 28.4 Å². The molecule has 0 unspecified atom stereocenters. The highest BCUT2D eigenvalue weighted by Crippen LogP contribution is 2.31. The van der Waals surface area contributed by atoms with Crippen LogP contribution in [0, 0.1) is 0 Å².